The predicted octanol–water partition coefficient (Wildman–Crippen LogP) is 6.39. The van der Waals surface area contributed by atoms with Gasteiger partial charge in [0.1, 0.15) is 22.7 Å². The van der Waals surface area contributed by atoms with E-state index in [0.29, 0.717) is 31.1 Å². The fourth-order valence-corrected chi connectivity index (χ4v) is 5.56. The number of carboxylic acids is 1. The average molecular weight is 528 g/mol. The van der Waals surface area contributed by atoms with Crippen molar-refractivity contribution in [1.29, 1.82) is 0 Å². The second-order valence-corrected chi connectivity index (χ2v) is 10.8. The number of ether oxygens (including phenoxy) is 2. The summed E-state index contributed by atoms with van der Waals surface area (Å²) in [6, 6.07) is 14.1. The summed E-state index contributed by atoms with van der Waals surface area (Å²) in [6.45, 7) is 10.1. The van der Waals surface area contributed by atoms with Gasteiger partial charge in [-0.1, -0.05) is 43.7 Å². The van der Waals surface area contributed by atoms with Crippen LogP contribution >= 0.6 is 0 Å². The van der Waals surface area contributed by atoms with Gasteiger partial charge in [0, 0.05) is 24.3 Å². The van der Waals surface area contributed by atoms with E-state index < -0.39 is 23.1 Å². The largest absolute Gasteiger partial charge is 0.493 e. The van der Waals surface area contributed by atoms with Gasteiger partial charge in [0.05, 0.1) is 13.2 Å². The number of nitrogens with one attached hydrogen (secondary N) is 1. The van der Waals surface area contributed by atoms with Gasteiger partial charge in [-0.15, -0.1) is 0 Å². The van der Waals surface area contributed by atoms with Gasteiger partial charge in [-0.05, 0) is 76.1 Å². The number of rotatable bonds is 14. The molecule has 2 N–H and O–H groups in total. The van der Waals surface area contributed by atoms with E-state index in [-0.39, 0.29) is 24.7 Å². The molecule has 3 rings (SSSR count). The second-order valence-electron chi connectivity index (χ2n) is 10.8. The highest BCUT2D eigenvalue weighted by atomic mass is 19.1. The lowest BCUT2D eigenvalue weighted by Crippen LogP contribution is -2.68. The summed E-state index contributed by atoms with van der Waals surface area (Å²) in [4.78, 5) is 25.7. The first-order valence-electron chi connectivity index (χ1n) is 13.7. The molecule has 0 aromatic heterocycles. The lowest BCUT2D eigenvalue weighted by atomic mass is 9.66. The van der Waals surface area contributed by atoms with E-state index in [1.807, 2.05) is 58.0 Å². The van der Waals surface area contributed by atoms with Crippen molar-refractivity contribution in [1.82, 2.24) is 5.32 Å². The number of unbranched alkanes of at least 4 members (excludes halogenated alkanes) is 1. The van der Waals surface area contributed by atoms with Crippen LogP contribution in [0.4, 0.5) is 4.39 Å². The molecule has 2 aromatic carbocycles. The van der Waals surface area contributed by atoms with Crippen molar-refractivity contribution in [2.24, 2.45) is 5.92 Å². The molecule has 7 heteroatoms. The Balaban J connectivity index is 1.85. The van der Waals surface area contributed by atoms with Crippen LogP contribution in [-0.2, 0) is 16.0 Å². The molecule has 38 heavy (non-hydrogen) atoms. The van der Waals surface area contributed by atoms with Crippen LogP contribution in [0.5, 0.6) is 11.5 Å². The number of hydrogen-bond acceptors (Lipinski definition) is 4. The SMILES string of the molecule is CCOc1cc(C(C)C(CCCCc2ccccc2)C(=O)NC2(C(=O)O)CC(C)(F)C2)cc(OCC)c1C. The Kier molecular flexibility index (Phi) is 9.80. The molecule has 1 saturated carbocycles. The highest BCUT2D eigenvalue weighted by Crippen LogP contribution is 2.45. The topological polar surface area (TPSA) is 84.9 Å². The number of hydrogen-bond donors (Lipinski definition) is 2. The summed E-state index contributed by atoms with van der Waals surface area (Å²) in [6.07, 6.45) is 2.70. The summed E-state index contributed by atoms with van der Waals surface area (Å²) in [5.41, 5.74) is -0.139. The van der Waals surface area contributed by atoms with Crippen molar-refractivity contribution < 1.29 is 28.6 Å². The normalized spacial score (nSPS) is 22.2. The van der Waals surface area contributed by atoms with Crippen LogP contribution in [0.15, 0.2) is 42.5 Å². The maximum Gasteiger partial charge on any atom is 0.329 e. The van der Waals surface area contributed by atoms with Crippen LogP contribution in [0.25, 0.3) is 0 Å². The van der Waals surface area contributed by atoms with Gasteiger partial charge in [0.2, 0.25) is 5.91 Å². The number of carbonyl (C=O) groups is 2. The third-order valence-corrected chi connectivity index (χ3v) is 7.59. The number of aliphatic carboxylic acids is 1. The quantitative estimate of drug-likeness (QED) is 0.278. The Morgan fingerprint density at radius 3 is 2.13 bits per heavy atom. The molecule has 0 heterocycles. The number of amides is 1. The summed E-state index contributed by atoms with van der Waals surface area (Å²) < 4.78 is 26.1. The zero-order chi connectivity index (χ0) is 27.9. The number of alkyl halides is 1. The Hall–Kier alpha value is -3.09. The molecule has 2 atom stereocenters. The molecule has 6 nitrogen and oxygen atoms in total. The number of halogens is 1. The standard InChI is InChI=1S/C31H42FNO5/c1-6-37-26-17-24(18-27(22(26)4)38-7-2)21(3)25(16-12-11-15-23-13-9-8-10-14-23)28(34)33-31(29(35)36)19-30(5,32)20-31/h8-10,13-14,17-18,21,25H,6-7,11-12,15-16,19-20H2,1-5H3,(H,33,34)(H,35,36). The van der Waals surface area contributed by atoms with Crippen LogP contribution in [-0.4, -0.2) is 41.4 Å². The molecular formula is C31H42FNO5. The van der Waals surface area contributed by atoms with Crippen molar-refractivity contribution >= 4 is 11.9 Å². The fourth-order valence-electron chi connectivity index (χ4n) is 5.56. The average Bonchev–Trinajstić information content (AvgIpc) is 2.85. The van der Waals surface area contributed by atoms with E-state index in [1.54, 1.807) is 0 Å². The molecule has 1 aliphatic carbocycles. The smallest absolute Gasteiger partial charge is 0.329 e. The Morgan fingerprint density at radius 2 is 1.63 bits per heavy atom. The third kappa shape index (κ3) is 7.06. The highest BCUT2D eigenvalue weighted by molar-refractivity contribution is 5.89. The van der Waals surface area contributed by atoms with Gasteiger partial charge >= 0.3 is 5.97 Å². The van der Waals surface area contributed by atoms with Crippen LogP contribution in [0.2, 0.25) is 0 Å². The number of benzene rings is 2. The molecule has 2 unspecified atom stereocenters. The first-order valence-corrected chi connectivity index (χ1v) is 13.7. The molecule has 2 aromatic rings. The van der Waals surface area contributed by atoms with Gasteiger partial charge < -0.3 is 19.9 Å². The molecule has 0 aliphatic heterocycles. The van der Waals surface area contributed by atoms with Crippen LogP contribution in [0, 0.1) is 12.8 Å². The maximum absolute atomic E-state index is 14.4. The van der Waals surface area contributed by atoms with E-state index in [0.717, 1.165) is 30.4 Å². The third-order valence-electron chi connectivity index (χ3n) is 7.59. The fraction of sp³-hybridized carbons (Fsp3) is 0.548. The van der Waals surface area contributed by atoms with Crippen molar-refractivity contribution in [3.8, 4) is 11.5 Å². The number of carboxylic acid groups (broad SMARTS) is 1. The van der Waals surface area contributed by atoms with E-state index in [9.17, 15) is 19.1 Å². The molecule has 0 spiro atoms. The van der Waals surface area contributed by atoms with Gasteiger partial charge in [0.25, 0.3) is 0 Å². The molecule has 0 saturated heterocycles. The van der Waals surface area contributed by atoms with E-state index in [2.05, 4.69) is 17.4 Å². The van der Waals surface area contributed by atoms with Crippen molar-refractivity contribution in [2.45, 2.75) is 90.3 Å². The lowest BCUT2D eigenvalue weighted by Gasteiger charge is -2.47. The molecule has 0 radical (unpaired) electrons. The number of aryl methyl sites for hydroxylation is 1. The molecular weight excluding hydrogens is 485 g/mol. The minimum atomic E-state index is -1.60. The van der Waals surface area contributed by atoms with Crippen LogP contribution < -0.4 is 14.8 Å². The van der Waals surface area contributed by atoms with Crippen LogP contribution in [0.3, 0.4) is 0 Å². The zero-order valence-electron chi connectivity index (χ0n) is 23.3. The maximum atomic E-state index is 14.4. The van der Waals surface area contributed by atoms with Gasteiger partial charge in [-0.25, -0.2) is 9.18 Å². The Morgan fingerprint density at radius 1 is 1.05 bits per heavy atom. The Labute approximate surface area is 225 Å². The van der Waals surface area contributed by atoms with E-state index in [4.69, 9.17) is 9.47 Å². The molecule has 1 aliphatic rings. The highest BCUT2D eigenvalue weighted by Gasteiger charge is 2.59. The van der Waals surface area contributed by atoms with Crippen molar-refractivity contribution in [2.75, 3.05) is 13.2 Å². The summed E-state index contributed by atoms with van der Waals surface area (Å²) in [5.74, 6) is -0.875. The van der Waals surface area contributed by atoms with E-state index in [1.165, 1.54) is 12.5 Å². The summed E-state index contributed by atoms with van der Waals surface area (Å²) in [7, 11) is 0. The Bertz CT molecular complexity index is 1070. The van der Waals surface area contributed by atoms with E-state index >= 15 is 0 Å². The first kappa shape index (κ1) is 29.5. The molecule has 208 valence electrons. The second kappa shape index (κ2) is 12.6. The molecule has 1 amide bonds. The minimum absolute atomic E-state index is 0.232. The monoisotopic (exact) mass is 527 g/mol. The van der Waals surface area contributed by atoms with Crippen molar-refractivity contribution in [3.63, 3.8) is 0 Å². The zero-order valence-corrected chi connectivity index (χ0v) is 23.3. The van der Waals surface area contributed by atoms with Crippen LogP contribution in [0.1, 0.15) is 82.4 Å². The minimum Gasteiger partial charge on any atom is -0.493 e. The summed E-state index contributed by atoms with van der Waals surface area (Å²) in [5, 5.41) is 12.6. The van der Waals surface area contributed by atoms with Crippen molar-refractivity contribution in [3.05, 3.63) is 59.2 Å². The lowest BCUT2D eigenvalue weighted by molar-refractivity contribution is -0.161. The van der Waals surface area contributed by atoms with Gasteiger partial charge in [-0.3, -0.25) is 4.79 Å². The molecule has 0 bridgehead atoms. The summed E-state index contributed by atoms with van der Waals surface area (Å²) >= 11 is 0. The van der Waals surface area contributed by atoms with Gasteiger partial charge in [-0.2, -0.15) is 0 Å². The predicted molar refractivity (Wildman–Crippen MR) is 147 cm³/mol. The van der Waals surface area contributed by atoms with Gasteiger partial charge in [0.15, 0.2) is 0 Å². The molecule has 1 fully saturated rings. The number of carbonyl (C=O) groups excluding carboxylic acids is 1. The first-order chi connectivity index (χ1) is 18.0.